The van der Waals surface area contributed by atoms with Crippen molar-refractivity contribution in [3.05, 3.63) is 0 Å². The van der Waals surface area contributed by atoms with Crippen LogP contribution in [-0.4, -0.2) is 142 Å². The number of hydrogen-bond donors (Lipinski definition) is 12. The van der Waals surface area contributed by atoms with Crippen LogP contribution < -0.4 is 54.8 Å². The number of nitrogens with one attached hydrogen (secondary N) is 6. The summed E-state index contributed by atoms with van der Waals surface area (Å²) in [6.07, 6.45) is 0.264. The number of nitrogens with two attached hydrogens (primary N) is 4. The van der Waals surface area contributed by atoms with Gasteiger partial charge in [-0.3, -0.25) is 48.1 Å². The van der Waals surface area contributed by atoms with Gasteiger partial charge in [-0.25, -0.2) is 4.79 Å². The first-order valence-corrected chi connectivity index (χ1v) is 20.1. The molecule has 61 heavy (non-hydrogen) atoms. The van der Waals surface area contributed by atoms with Crippen molar-refractivity contribution in [3.63, 3.8) is 0 Å². The Hall–Kier alpha value is -6.07. The van der Waals surface area contributed by atoms with E-state index in [1.165, 1.54) is 11.8 Å². The molecule has 1 aliphatic heterocycles. The predicted octanol–water partition coefficient (Wildman–Crippen LogP) is -4.16. The van der Waals surface area contributed by atoms with E-state index < -0.39 is 133 Å². The van der Waals surface area contributed by atoms with E-state index in [1.54, 1.807) is 13.8 Å². The molecule has 0 saturated carbocycles. The molecule has 0 spiro atoms. The monoisotopic (exact) mass is 868 g/mol. The third-order valence-electron chi connectivity index (χ3n) is 9.75. The highest BCUT2D eigenvalue weighted by molar-refractivity contribution is 5.97. The molecular formula is C37H64N12O12. The Morgan fingerprint density at radius 3 is 1.98 bits per heavy atom. The van der Waals surface area contributed by atoms with Crippen LogP contribution in [0.5, 0.6) is 0 Å². The molecule has 1 fully saturated rings. The number of carbonyl (C=O) groups is 10. The molecule has 24 nitrogen and oxygen atoms in total. The molecule has 16 N–H and O–H groups in total. The maximum atomic E-state index is 13.5. The van der Waals surface area contributed by atoms with Crippen LogP contribution in [0.1, 0.15) is 92.4 Å². The van der Waals surface area contributed by atoms with E-state index in [-0.39, 0.29) is 31.3 Å². The van der Waals surface area contributed by atoms with Crippen molar-refractivity contribution in [2.75, 3.05) is 19.6 Å². The molecule has 0 radical (unpaired) electrons. The van der Waals surface area contributed by atoms with Gasteiger partial charge in [0.15, 0.2) is 5.96 Å². The number of hydrogen-bond acceptors (Lipinski definition) is 12. The van der Waals surface area contributed by atoms with Crippen molar-refractivity contribution in [3.8, 4) is 0 Å². The maximum Gasteiger partial charge on any atom is 0.326 e. The molecule has 1 aliphatic rings. The van der Waals surface area contributed by atoms with Crippen molar-refractivity contribution >= 4 is 65.2 Å². The number of primary amides is 1. The van der Waals surface area contributed by atoms with E-state index in [1.807, 2.05) is 13.8 Å². The van der Waals surface area contributed by atoms with E-state index in [9.17, 15) is 58.2 Å². The molecule has 0 aromatic heterocycles. The molecule has 1 rings (SSSR count). The van der Waals surface area contributed by atoms with Crippen molar-refractivity contribution < 1.29 is 58.2 Å². The van der Waals surface area contributed by atoms with Crippen LogP contribution in [-0.2, 0) is 47.9 Å². The van der Waals surface area contributed by atoms with Gasteiger partial charge >= 0.3 is 11.9 Å². The number of carbonyl (C=O) groups excluding carboxylic acids is 8. The van der Waals surface area contributed by atoms with E-state index in [0.29, 0.717) is 32.2 Å². The van der Waals surface area contributed by atoms with Crippen LogP contribution in [0.4, 0.5) is 0 Å². The van der Waals surface area contributed by atoms with E-state index in [0.717, 1.165) is 0 Å². The van der Waals surface area contributed by atoms with Gasteiger partial charge in [0, 0.05) is 19.5 Å². The average Bonchev–Trinajstić information content (AvgIpc) is 3.67. The Bertz CT molecular complexity index is 1620. The van der Waals surface area contributed by atoms with Crippen molar-refractivity contribution in [1.29, 1.82) is 0 Å². The quantitative estimate of drug-likeness (QED) is 0.0212. The lowest BCUT2D eigenvalue weighted by atomic mass is 9.97. The molecule has 8 amide bonds. The number of rotatable bonds is 27. The fraction of sp³-hybridized carbons (Fsp3) is 0.703. The Kier molecular flexibility index (Phi) is 22.7. The van der Waals surface area contributed by atoms with E-state index in [4.69, 9.17) is 22.9 Å². The lowest BCUT2D eigenvalue weighted by Gasteiger charge is -2.29. The summed E-state index contributed by atoms with van der Waals surface area (Å²) in [4.78, 5) is 132. The predicted molar refractivity (Wildman–Crippen MR) is 218 cm³/mol. The summed E-state index contributed by atoms with van der Waals surface area (Å²) < 4.78 is 0. The maximum absolute atomic E-state index is 13.5. The second-order valence-electron chi connectivity index (χ2n) is 15.4. The van der Waals surface area contributed by atoms with Gasteiger partial charge < -0.3 is 69.9 Å². The van der Waals surface area contributed by atoms with Crippen molar-refractivity contribution in [2.45, 2.75) is 135 Å². The van der Waals surface area contributed by atoms with Crippen LogP contribution >= 0.6 is 0 Å². The first kappa shape index (κ1) is 52.9. The number of guanidine groups is 1. The largest absolute Gasteiger partial charge is 0.481 e. The highest BCUT2D eigenvalue weighted by atomic mass is 16.4. The molecule has 24 heteroatoms. The molecule has 0 aromatic rings. The van der Waals surface area contributed by atoms with Crippen LogP contribution in [0.3, 0.4) is 0 Å². The van der Waals surface area contributed by atoms with Gasteiger partial charge in [-0.15, -0.1) is 0 Å². The second kappa shape index (κ2) is 26.2. The van der Waals surface area contributed by atoms with Gasteiger partial charge in [0.1, 0.15) is 36.3 Å². The van der Waals surface area contributed by atoms with E-state index in [2.05, 4.69) is 36.9 Å². The van der Waals surface area contributed by atoms with Crippen molar-refractivity contribution in [2.24, 2.45) is 39.8 Å². The minimum absolute atomic E-state index is 0.0745. The number of aliphatic carboxylic acids is 2. The zero-order valence-corrected chi connectivity index (χ0v) is 35.4. The molecule has 1 saturated heterocycles. The SMILES string of the molecule is CCC(C)C(NC(=O)C(C)NC(=O)CNC(=O)C(CC(C)C)NC(=O)C1CCCN1C(=O)C(N)CCCN=C(N)N)C(=O)NC(CCC(=O)O)C(=O)NC(CC(N)=O)C(=O)O. The molecule has 0 aliphatic carbocycles. The second-order valence-corrected chi connectivity index (χ2v) is 15.4. The Labute approximate surface area is 353 Å². The smallest absolute Gasteiger partial charge is 0.326 e. The van der Waals surface area contributed by atoms with Gasteiger partial charge in [0.05, 0.1) is 19.0 Å². The lowest BCUT2D eigenvalue weighted by molar-refractivity contribution is -0.144. The lowest BCUT2D eigenvalue weighted by Crippen LogP contribution is -2.59. The fourth-order valence-electron chi connectivity index (χ4n) is 6.23. The molecular weight excluding hydrogens is 804 g/mol. The molecule has 0 aromatic carbocycles. The Morgan fingerprint density at radius 2 is 1.43 bits per heavy atom. The number of carboxylic acid groups (broad SMARTS) is 2. The summed E-state index contributed by atoms with van der Waals surface area (Å²) in [5, 5.41) is 33.0. The zero-order valence-electron chi connectivity index (χ0n) is 35.4. The first-order chi connectivity index (χ1) is 28.5. The average molecular weight is 869 g/mol. The van der Waals surface area contributed by atoms with Gasteiger partial charge in [-0.05, 0) is 57.3 Å². The third-order valence-corrected chi connectivity index (χ3v) is 9.75. The summed E-state index contributed by atoms with van der Waals surface area (Å²) in [5.41, 5.74) is 21.8. The van der Waals surface area contributed by atoms with Crippen LogP contribution in [0.25, 0.3) is 0 Å². The molecule has 1 heterocycles. The topological polar surface area (TPSA) is 403 Å². The first-order valence-electron chi connectivity index (χ1n) is 20.1. The van der Waals surface area contributed by atoms with E-state index >= 15 is 0 Å². The summed E-state index contributed by atoms with van der Waals surface area (Å²) >= 11 is 0. The summed E-state index contributed by atoms with van der Waals surface area (Å²) in [5.74, 6) is -10.1. The number of amides is 8. The van der Waals surface area contributed by atoms with Crippen LogP contribution in [0.15, 0.2) is 4.99 Å². The number of aliphatic imine (C=N–C) groups is 1. The Morgan fingerprint density at radius 1 is 0.787 bits per heavy atom. The number of likely N-dealkylation sites (tertiary alicyclic amines) is 1. The summed E-state index contributed by atoms with van der Waals surface area (Å²) in [7, 11) is 0. The zero-order chi connectivity index (χ0) is 46.6. The van der Waals surface area contributed by atoms with Crippen molar-refractivity contribution in [1.82, 2.24) is 36.8 Å². The summed E-state index contributed by atoms with van der Waals surface area (Å²) in [6.45, 7) is 8.24. The van der Waals surface area contributed by atoms with Gasteiger partial charge in [-0.2, -0.15) is 0 Å². The van der Waals surface area contributed by atoms with Crippen LogP contribution in [0, 0.1) is 11.8 Å². The molecule has 0 bridgehead atoms. The highest BCUT2D eigenvalue weighted by Crippen LogP contribution is 2.20. The number of carboxylic acids is 2. The fourth-order valence-corrected chi connectivity index (χ4v) is 6.23. The highest BCUT2D eigenvalue weighted by Gasteiger charge is 2.38. The minimum atomic E-state index is -1.77. The molecule has 8 unspecified atom stereocenters. The van der Waals surface area contributed by atoms with Gasteiger partial charge in [0.2, 0.25) is 47.3 Å². The third kappa shape index (κ3) is 19.2. The minimum Gasteiger partial charge on any atom is -0.481 e. The molecule has 344 valence electrons. The number of nitrogens with zero attached hydrogens (tertiary/aromatic N) is 2. The van der Waals surface area contributed by atoms with Gasteiger partial charge in [-0.1, -0.05) is 34.1 Å². The molecule has 8 atom stereocenters. The van der Waals surface area contributed by atoms with Crippen LogP contribution in [0.2, 0.25) is 0 Å². The standard InChI is InChI=1S/C37H64N12O12/c1-6-19(4)29(34(58)45-22(11-12-28(52)53)32(56)47-24(36(60)61)16-26(39)50)48-30(54)20(5)44-27(51)17-43-31(55)23(15-18(2)3)46-33(57)25-10-8-14-49(25)35(59)21(38)9-7-13-42-37(40)41/h18-25,29H,6-17,38H2,1-5H3,(H2,39,50)(H,43,55)(H,44,51)(H,45,58)(H,46,57)(H,47,56)(H,48,54)(H,52,53)(H,60,61)(H4,40,41,42). The summed E-state index contributed by atoms with van der Waals surface area (Å²) in [6, 6.07) is -8.79. The van der Waals surface area contributed by atoms with Gasteiger partial charge in [0.25, 0.3) is 0 Å². The Balaban J connectivity index is 2.95. The normalized spacial score (nSPS) is 16.9.